The number of nitrogens with one attached hydrogen (secondary N) is 1. The van der Waals surface area contributed by atoms with Crippen molar-refractivity contribution in [2.45, 2.75) is 19.5 Å². The van der Waals surface area contributed by atoms with E-state index in [9.17, 15) is 9.59 Å². The quantitative estimate of drug-likeness (QED) is 0.944. The van der Waals surface area contributed by atoms with Gasteiger partial charge in [-0.25, -0.2) is 0 Å². The molecule has 1 aliphatic rings. The molecule has 0 saturated carbocycles. The molecule has 2 amide bonds. The Hall–Kier alpha value is -2.33. The fourth-order valence-electron chi connectivity index (χ4n) is 2.51. The van der Waals surface area contributed by atoms with E-state index in [2.05, 4.69) is 5.32 Å². The summed E-state index contributed by atoms with van der Waals surface area (Å²) in [5.74, 6) is -0.321. The van der Waals surface area contributed by atoms with Gasteiger partial charge in [-0.1, -0.05) is 29.8 Å². The van der Waals surface area contributed by atoms with Gasteiger partial charge in [-0.3, -0.25) is 9.59 Å². The molecule has 3 rings (SSSR count). The minimum atomic E-state index is -0.546. The molecule has 0 aromatic heterocycles. The molecule has 1 heterocycles. The Morgan fingerprint density at radius 3 is 2.55 bits per heavy atom. The van der Waals surface area contributed by atoms with Crippen LogP contribution in [0.25, 0.3) is 0 Å². The lowest BCUT2D eigenvalue weighted by Gasteiger charge is -2.23. The van der Waals surface area contributed by atoms with Crippen LogP contribution in [0.3, 0.4) is 0 Å². The summed E-state index contributed by atoms with van der Waals surface area (Å²) < 4.78 is 0. The van der Waals surface area contributed by atoms with Crippen molar-refractivity contribution in [1.29, 1.82) is 0 Å². The molecule has 4 nitrogen and oxygen atoms in total. The lowest BCUT2D eigenvalue weighted by Crippen LogP contribution is -2.42. The van der Waals surface area contributed by atoms with Gasteiger partial charge < -0.3 is 10.2 Å². The van der Waals surface area contributed by atoms with E-state index in [4.69, 9.17) is 11.6 Å². The number of halogens is 1. The second-order valence-corrected chi connectivity index (χ2v) is 5.70. The molecule has 1 aliphatic heterocycles. The second kappa shape index (κ2) is 5.81. The highest BCUT2D eigenvalue weighted by Gasteiger charge is 2.33. The maximum Gasteiger partial charge on any atom is 0.255 e. The molecule has 22 heavy (non-hydrogen) atoms. The van der Waals surface area contributed by atoms with Gasteiger partial charge in [0.1, 0.15) is 6.04 Å². The van der Waals surface area contributed by atoms with Crippen molar-refractivity contribution in [1.82, 2.24) is 4.90 Å². The molecule has 0 radical (unpaired) electrons. The van der Waals surface area contributed by atoms with Crippen molar-refractivity contribution < 1.29 is 9.59 Å². The molecule has 112 valence electrons. The summed E-state index contributed by atoms with van der Waals surface area (Å²) in [7, 11) is 0. The van der Waals surface area contributed by atoms with Gasteiger partial charge in [0.2, 0.25) is 5.91 Å². The Morgan fingerprint density at radius 2 is 1.86 bits per heavy atom. The molecule has 2 aromatic rings. The zero-order valence-electron chi connectivity index (χ0n) is 12.0. The van der Waals surface area contributed by atoms with E-state index in [-0.39, 0.29) is 11.8 Å². The van der Waals surface area contributed by atoms with E-state index in [0.29, 0.717) is 22.8 Å². The van der Waals surface area contributed by atoms with Gasteiger partial charge in [0.05, 0.1) is 0 Å². The summed E-state index contributed by atoms with van der Waals surface area (Å²) in [6.45, 7) is 2.19. The SMILES string of the molecule is C[C@@H](C(=O)Nc1ccc(Cl)cc1)N1Cc2ccccc2C1=O. The summed E-state index contributed by atoms with van der Waals surface area (Å²) in [5.41, 5.74) is 2.29. The molecule has 5 heteroatoms. The Kier molecular flexibility index (Phi) is 3.86. The van der Waals surface area contributed by atoms with Crippen LogP contribution in [-0.4, -0.2) is 22.8 Å². The molecule has 0 fully saturated rings. The van der Waals surface area contributed by atoms with Crippen molar-refractivity contribution in [3.63, 3.8) is 0 Å². The molecule has 0 unspecified atom stereocenters. The number of rotatable bonds is 3. The number of carbonyl (C=O) groups excluding carboxylic acids is 2. The Balaban J connectivity index is 1.72. The Labute approximate surface area is 133 Å². The van der Waals surface area contributed by atoms with Crippen LogP contribution in [0.2, 0.25) is 5.02 Å². The van der Waals surface area contributed by atoms with Crippen LogP contribution in [0.4, 0.5) is 5.69 Å². The summed E-state index contributed by atoms with van der Waals surface area (Å²) in [6, 6.07) is 13.8. The number of carbonyl (C=O) groups is 2. The standard InChI is InChI=1S/C17H15ClN2O2/c1-11(16(21)19-14-8-6-13(18)7-9-14)20-10-12-4-2-3-5-15(12)17(20)22/h2-9,11H,10H2,1H3,(H,19,21)/t11-/m0/s1. The maximum absolute atomic E-state index is 12.4. The lowest BCUT2D eigenvalue weighted by atomic mass is 10.1. The van der Waals surface area contributed by atoms with Crippen molar-refractivity contribution >= 4 is 29.1 Å². The summed E-state index contributed by atoms with van der Waals surface area (Å²) in [4.78, 5) is 26.3. The number of anilines is 1. The Morgan fingerprint density at radius 1 is 1.18 bits per heavy atom. The summed E-state index contributed by atoms with van der Waals surface area (Å²) >= 11 is 5.82. The first-order chi connectivity index (χ1) is 10.6. The third-order valence-corrected chi connectivity index (χ3v) is 4.06. The molecule has 0 bridgehead atoms. The predicted molar refractivity (Wildman–Crippen MR) is 85.9 cm³/mol. The summed E-state index contributed by atoms with van der Waals surface area (Å²) in [6.07, 6.45) is 0. The zero-order chi connectivity index (χ0) is 15.7. The fraction of sp³-hybridized carbons (Fsp3) is 0.176. The van der Waals surface area contributed by atoms with Crippen LogP contribution in [0, 0.1) is 0 Å². The third kappa shape index (κ3) is 2.70. The van der Waals surface area contributed by atoms with Gasteiger partial charge in [0, 0.05) is 22.8 Å². The second-order valence-electron chi connectivity index (χ2n) is 5.26. The number of hydrogen-bond donors (Lipinski definition) is 1. The molecule has 1 atom stereocenters. The van der Waals surface area contributed by atoms with Crippen molar-refractivity contribution in [2.24, 2.45) is 0 Å². The van der Waals surface area contributed by atoms with Crippen LogP contribution in [0.5, 0.6) is 0 Å². The van der Waals surface area contributed by atoms with Gasteiger partial charge in [-0.2, -0.15) is 0 Å². The summed E-state index contributed by atoms with van der Waals surface area (Å²) in [5, 5.41) is 3.41. The first-order valence-corrected chi connectivity index (χ1v) is 7.39. The van der Waals surface area contributed by atoms with Crippen LogP contribution in [0.1, 0.15) is 22.8 Å². The number of amides is 2. The fourth-order valence-corrected chi connectivity index (χ4v) is 2.64. The van der Waals surface area contributed by atoms with Crippen molar-refractivity contribution in [2.75, 3.05) is 5.32 Å². The van der Waals surface area contributed by atoms with Gasteiger partial charge in [-0.15, -0.1) is 0 Å². The van der Waals surface area contributed by atoms with E-state index >= 15 is 0 Å². The normalized spacial score (nSPS) is 14.6. The molecule has 2 aromatic carbocycles. The molecular weight excluding hydrogens is 300 g/mol. The van der Waals surface area contributed by atoms with Crippen LogP contribution in [0.15, 0.2) is 48.5 Å². The largest absolute Gasteiger partial charge is 0.324 e. The number of fused-ring (bicyclic) bond motifs is 1. The third-order valence-electron chi connectivity index (χ3n) is 3.81. The number of benzene rings is 2. The van der Waals surface area contributed by atoms with Crippen molar-refractivity contribution in [3.05, 3.63) is 64.7 Å². The predicted octanol–water partition coefficient (Wildman–Crippen LogP) is 3.32. The maximum atomic E-state index is 12.4. The minimum absolute atomic E-state index is 0.102. The number of hydrogen-bond acceptors (Lipinski definition) is 2. The topological polar surface area (TPSA) is 49.4 Å². The van der Waals surface area contributed by atoms with Crippen molar-refractivity contribution in [3.8, 4) is 0 Å². The molecule has 1 N–H and O–H groups in total. The van der Waals surface area contributed by atoms with Crippen LogP contribution in [-0.2, 0) is 11.3 Å². The van der Waals surface area contributed by atoms with E-state index in [1.807, 2.05) is 18.2 Å². The van der Waals surface area contributed by atoms with Crippen LogP contribution >= 0.6 is 11.6 Å². The zero-order valence-corrected chi connectivity index (χ0v) is 12.8. The minimum Gasteiger partial charge on any atom is -0.324 e. The highest BCUT2D eigenvalue weighted by molar-refractivity contribution is 6.30. The Bertz CT molecular complexity index is 728. The van der Waals surface area contributed by atoms with E-state index in [1.165, 1.54) is 0 Å². The van der Waals surface area contributed by atoms with E-state index in [1.54, 1.807) is 42.2 Å². The molecule has 0 spiro atoms. The number of nitrogens with zero attached hydrogens (tertiary/aromatic N) is 1. The van der Waals surface area contributed by atoms with Gasteiger partial charge >= 0.3 is 0 Å². The smallest absolute Gasteiger partial charge is 0.255 e. The first kappa shape index (κ1) is 14.6. The van der Waals surface area contributed by atoms with E-state index in [0.717, 1.165) is 5.56 Å². The monoisotopic (exact) mass is 314 g/mol. The van der Waals surface area contributed by atoms with Crippen LogP contribution < -0.4 is 5.32 Å². The molecular formula is C17H15ClN2O2. The van der Waals surface area contributed by atoms with Gasteiger partial charge in [0.15, 0.2) is 0 Å². The first-order valence-electron chi connectivity index (χ1n) is 7.01. The average molecular weight is 315 g/mol. The van der Waals surface area contributed by atoms with E-state index < -0.39 is 6.04 Å². The van der Waals surface area contributed by atoms with Gasteiger partial charge in [-0.05, 0) is 42.8 Å². The highest BCUT2D eigenvalue weighted by Crippen LogP contribution is 2.24. The highest BCUT2D eigenvalue weighted by atomic mass is 35.5. The molecule has 0 aliphatic carbocycles. The average Bonchev–Trinajstić information content (AvgIpc) is 2.86. The van der Waals surface area contributed by atoms with Gasteiger partial charge in [0.25, 0.3) is 5.91 Å². The molecule has 0 saturated heterocycles. The lowest BCUT2D eigenvalue weighted by molar-refractivity contribution is -0.120.